The summed E-state index contributed by atoms with van der Waals surface area (Å²) in [5.74, 6) is -1.21. The van der Waals surface area contributed by atoms with Crippen LogP contribution in [0.5, 0.6) is 5.75 Å². The van der Waals surface area contributed by atoms with Gasteiger partial charge in [-0.1, -0.05) is 30.3 Å². The summed E-state index contributed by atoms with van der Waals surface area (Å²) in [6.45, 7) is 1.53. The number of halogens is 1. The van der Waals surface area contributed by atoms with Crippen molar-refractivity contribution in [1.82, 2.24) is 5.32 Å². The van der Waals surface area contributed by atoms with Gasteiger partial charge in [-0.3, -0.25) is 9.59 Å². The van der Waals surface area contributed by atoms with E-state index in [1.807, 2.05) is 0 Å². The first-order valence-electron chi connectivity index (χ1n) is 7.04. The van der Waals surface area contributed by atoms with E-state index in [4.69, 9.17) is 10.5 Å². The van der Waals surface area contributed by atoms with Crippen molar-refractivity contribution in [1.29, 1.82) is 0 Å². The van der Waals surface area contributed by atoms with E-state index in [1.165, 1.54) is 31.2 Å². The van der Waals surface area contributed by atoms with Crippen LogP contribution in [0.4, 0.5) is 4.39 Å². The molecule has 0 aliphatic rings. The number of carbonyl (C=O) groups is 2. The lowest BCUT2D eigenvalue weighted by molar-refractivity contribution is -0.131. The largest absolute Gasteiger partial charge is 0.481 e. The van der Waals surface area contributed by atoms with E-state index in [0.717, 1.165) is 0 Å². The average Bonchev–Trinajstić information content (AvgIpc) is 2.55. The zero-order chi connectivity index (χ0) is 16.8. The minimum atomic E-state index is -0.942. The van der Waals surface area contributed by atoms with Gasteiger partial charge in [-0.15, -0.1) is 0 Å². The third-order valence-electron chi connectivity index (χ3n) is 3.20. The lowest BCUT2D eigenvalue weighted by atomic mass is 10.1. The number of primary amides is 1. The molecule has 0 aliphatic heterocycles. The zero-order valence-corrected chi connectivity index (χ0v) is 12.5. The fourth-order valence-corrected chi connectivity index (χ4v) is 1.99. The maximum Gasteiger partial charge on any atom is 0.261 e. The van der Waals surface area contributed by atoms with Gasteiger partial charge in [0.2, 0.25) is 5.91 Å². The van der Waals surface area contributed by atoms with E-state index in [0.29, 0.717) is 11.3 Å². The lowest BCUT2D eigenvalue weighted by Crippen LogP contribution is -2.43. The minimum Gasteiger partial charge on any atom is -0.481 e. The lowest BCUT2D eigenvalue weighted by Gasteiger charge is -2.19. The molecule has 0 saturated carbocycles. The fourth-order valence-electron chi connectivity index (χ4n) is 1.99. The molecule has 0 aliphatic carbocycles. The molecule has 2 rings (SSSR count). The molecule has 0 unspecified atom stereocenters. The maximum absolute atomic E-state index is 12.8. The van der Waals surface area contributed by atoms with Gasteiger partial charge in [0, 0.05) is 0 Å². The molecule has 2 aromatic carbocycles. The zero-order valence-electron chi connectivity index (χ0n) is 12.5. The molecule has 3 N–H and O–H groups in total. The van der Waals surface area contributed by atoms with Crippen LogP contribution in [0.1, 0.15) is 18.5 Å². The molecule has 0 radical (unpaired) electrons. The summed E-state index contributed by atoms with van der Waals surface area (Å²) in [6.07, 6.45) is -0.869. The molecule has 0 aromatic heterocycles. The van der Waals surface area contributed by atoms with Gasteiger partial charge >= 0.3 is 0 Å². The second kappa shape index (κ2) is 7.40. The molecule has 2 aromatic rings. The molecule has 0 saturated heterocycles. The normalized spacial score (nSPS) is 13.0. The van der Waals surface area contributed by atoms with Crippen molar-refractivity contribution < 1.29 is 18.7 Å². The predicted octanol–water partition coefficient (Wildman–Crippen LogP) is 1.94. The van der Waals surface area contributed by atoms with Gasteiger partial charge < -0.3 is 15.8 Å². The Morgan fingerprint density at radius 3 is 2.26 bits per heavy atom. The van der Waals surface area contributed by atoms with Crippen LogP contribution in [0.25, 0.3) is 0 Å². The Bertz CT molecular complexity index is 674. The van der Waals surface area contributed by atoms with Crippen molar-refractivity contribution >= 4 is 11.8 Å². The molecule has 0 bridgehead atoms. The number of benzene rings is 2. The Kier molecular flexibility index (Phi) is 5.30. The number of nitrogens with one attached hydrogen (secondary N) is 1. The standard InChI is InChI=1S/C17H17FN2O3/c1-11(23-14-9-7-13(18)8-10-14)17(22)20-15(16(19)21)12-5-3-2-4-6-12/h2-11,15H,1H3,(H2,19,21)(H,20,22)/t11-,15+/m1/s1. The second-order valence-corrected chi connectivity index (χ2v) is 4.97. The van der Waals surface area contributed by atoms with Crippen LogP contribution in [0.3, 0.4) is 0 Å². The Morgan fingerprint density at radius 1 is 1.09 bits per heavy atom. The highest BCUT2D eigenvalue weighted by Gasteiger charge is 2.23. The van der Waals surface area contributed by atoms with Gasteiger partial charge in [-0.05, 0) is 36.8 Å². The fraction of sp³-hybridized carbons (Fsp3) is 0.176. The van der Waals surface area contributed by atoms with Gasteiger partial charge in [-0.25, -0.2) is 4.39 Å². The third kappa shape index (κ3) is 4.54. The van der Waals surface area contributed by atoms with Crippen molar-refractivity contribution in [2.45, 2.75) is 19.1 Å². The second-order valence-electron chi connectivity index (χ2n) is 4.97. The Hall–Kier alpha value is -2.89. The Morgan fingerprint density at radius 2 is 1.70 bits per heavy atom. The first-order valence-corrected chi connectivity index (χ1v) is 7.04. The van der Waals surface area contributed by atoms with Crippen LogP contribution < -0.4 is 15.8 Å². The molecule has 0 spiro atoms. The maximum atomic E-state index is 12.8. The number of ether oxygens (including phenoxy) is 1. The number of amides is 2. The van der Waals surface area contributed by atoms with Crippen LogP contribution in [0.2, 0.25) is 0 Å². The summed E-state index contributed by atoms with van der Waals surface area (Å²) in [7, 11) is 0. The van der Waals surface area contributed by atoms with E-state index < -0.39 is 29.8 Å². The summed E-state index contributed by atoms with van der Waals surface area (Å²) in [6, 6.07) is 13.0. The van der Waals surface area contributed by atoms with Crippen LogP contribution in [0, 0.1) is 5.82 Å². The molecule has 2 amide bonds. The van der Waals surface area contributed by atoms with Crippen molar-refractivity contribution in [3.05, 3.63) is 66.0 Å². The van der Waals surface area contributed by atoms with E-state index >= 15 is 0 Å². The van der Waals surface area contributed by atoms with Gasteiger partial charge in [0.25, 0.3) is 5.91 Å². The minimum absolute atomic E-state index is 0.351. The molecule has 6 heteroatoms. The third-order valence-corrected chi connectivity index (χ3v) is 3.20. The number of carbonyl (C=O) groups excluding carboxylic acids is 2. The van der Waals surface area contributed by atoms with Crippen LogP contribution in [0.15, 0.2) is 54.6 Å². The molecule has 0 fully saturated rings. The van der Waals surface area contributed by atoms with Crippen molar-refractivity contribution in [2.75, 3.05) is 0 Å². The summed E-state index contributed by atoms with van der Waals surface area (Å²) >= 11 is 0. The highest BCUT2D eigenvalue weighted by Crippen LogP contribution is 2.15. The quantitative estimate of drug-likeness (QED) is 0.854. The van der Waals surface area contributed by atoms with Crippen LogP contribution in [-0.2, 0) is 9.59 Å². The van der Waals surface area contributed by atoms with Crippen molar-refractivity contribution in [2.24, 2.45) is 5.73 Å². The monoisotopic (exact) mass is 316 g/mol. The summed E-state index contributed by atoms with van der Waals surface area (Å²) < 4.78 is 18.3. The van der Waals surface area contributed by atoms with E-state index in [2.05, 4.69) is 5.32 Å². The first kappa shape index (κ1) is 16.5. The molecular formula is C17H17FN2O3. The van der Waals surface area contributed by atoms with Crippen LogP contribution in [-0.4, -0.2) is 17.9 Å². The smallest absolute Gasteiger partial charge is 0.261 e. The Balaban J connectivity index is 2.03. The predicted molar refractivity (Wildman–Crippen MR) is 83.0 cm³/mol. The topological polar surface area (TPSA) is 81.4 Å². The van der Waals surface area contributed by atoms with E-state index in [9.17, 15) is 14.0 Å². The highest BCUT2D eigenvalue weighted by atomic mass is 19.1. The highest BCUT2D eigenvalue weighted by molar-refractivity contribution is 5.89. The van der Waals surface area contributed by atoms with E-state index in [-0.39, 0.29) is 0 Å². The summed E-state index contributed by atoms with van der Waals surface area (Å²) in [4.78, 5) is 23.8. The van der Waals surface area contributed by atoms with Gasteiger partial charge in [0.05, 0.1) is 0 Å². The molecular weight excluding hydrogens is 299 g/mol. The summed E-state index contributed by atoms with van der Waals surface area (Å²) in [5.41, 5.74) is 5.94. The van der Waals surface area contributed by atoms with Crippen LogP contribution >= 0.6 is 0 Å². The van der Waals surface area contributed by atoms with Crippen molar-refractivity contribution in [3.8, 4) is 5.75 Å². The number of hydrogen-bond donors (Lipinski definition) is 2. The molecule has 23 heavy (non-hydrogen) atoms. The SMILES string of the molecule is C[C@@H](Oc1ccc(F)cc1)C(=O)N[C@H](C(N)=O)c1ccccc1. The van der Waals surface area contributed by atoms with Gasteiger partial charge in [0.15, 0.2) is 6.10 Å². The van der Waals surface area contributed by atoms with E-state index in [1.54, 1.807) is 30.3 Å². The number of rotatable bonds is 6. The molecule has 5 nitrogen and oxygen atoms in total. The average molecular weight is 316 g/mol. The Labute approximate surface area is 133 Å². The summed E-state index contributed by atoms with van der Waals surface area (Å²) in [5, 5.41) is 2.55. The molecule has 0 heterocycles. The number of nitrogens with two attached hydrogens (primary N) is 1. The van der Waals surface area contributed by atoms with Gasteiger partial charge in [0.1, 0.15) is 17.6 Å². The molecule has 2 atom stereocenters. The van der Waals surface area contributed by atoms with Gasteiger partial charge in [-0.2, -0.15) is 0 Å². The first-order chi connectivity index (χ1) is 11.0. The number of hydrogen-bond acceptors (Lipinski definition) is 3. The van der Waals surface area contributed by atoms with Crippen molar-refractivity contribution in [3.63, 3.8) is 0 Å². The molecule has 120 valence electrons.